The lowest BCUT2D eigenvalue weighted by Crippen LogP contribution is -2.18. The number of Topliss-reactive ketones (excluding diaryl/α,β-unsaturated/α-hetero) is 1. The second-order valence-corrected chi connectivity index (χ2v) is 5.07. The molecule has 1 unspecified atom stereocenters. The number of ether oxygens (including phenoxy) is 1. The number of ketones is 1. The fourth-order valence-electron chi connectivity index (χ4n) is 2.13. The quantitative estimate of drug-likeness (QED) is 0.481. The van der Waals surface area contributed by atoms with E-state index in [-0.39, 0.29) is 17.7 Å². The number of hydrogen-bond donors (Lipinski definition) is 0. The number of aryl methyl sites for hydroxylation is 1. The molecule has 21 heavy (non-hydrogen) atoms. The highest BCUT2D eigenvalue weighted by Crippen LogP contribution is 2.17. The Morgan fingerprint density at radius 2 is 1.95 bits per heavy atom. The van der Waals surface area contributed by atoms with Gasteiger partial charge >= 0.3 is 5.97 Å². The summed E-state index contributed by atoms with van der Waals surface area (Å²) in [4.78, 5) is 27.2. The van der Waals surface area contributed by atoms with Crippen molar-refractivity contribution in [3.63, 3.8) is 0 Å². The zero-order valence-corrected chi connectivity index (χ0v) is 12.4. The van der Waals surface area contributed by atoms with E-state index in [2.05, 4.69) is 4.98 Å². The van der Waals surface area contributed by atoms with Crippen molar-refractivity contribution in [2.75, 3.05) is 0 Å². The third-order valence-corrected chi connectivity index (χ3v) is 3.22. The van der Waals surface area contributed by atoms with Crippen LogP contribution in [0.2, 0.25) is 0 Å². The van der Waals surface area contributed by atoms with Gasteiger partial charge in [-0.3, -0.25) is 9.59 Å². The number of carbonyl (C=O) groups excluding carboxylic acids is 2. The number of benzene rings is 1. The standard InChI is InChI=1S/C16H18N2O3/c1-11(15(20)16-17-8-9-18(16)3)10-13-4-6-14(7-5-13)21-12(2)19/h4-9,11H,10H2,1-3H3. The van der Waals surface area contributed by atoms with Crippen LogP contribution in [0.4, 0.5) is 0 Å². The number of carbonyl (C=O) groups is 2. The molecular weight excluding hydrogens is 268 g/mol. The van der Waals surface area contributed by atoms with Gasteiger partial charge < -0.3 is 9.30 Å². The van der Waals surface area contributed by atoms with E-state index in [4.69, 9.17) is 4.74 Å². The van der Waals surface area contributed by atoms with Crippen LogP contribution in [-0.4, -0.2) is 21.3 Å². The van der Waals surface area contributed by atoms with Crippen LogP contribution in [0.1, 0.15) is 30.0 Å². The molecule has 0 amide bonds. The molecule has 5 nitrogen and oxygen atoms in total. The first-order chi connectivity index (χ1) is 9.97. The summed E-state index contributed by atoms with van der Waals surface area (Å²) in [5, 5.41) is 0. The van der Waals surface area contributed by atoms with Gasteiger partial charge in [-0.05, 0) is 24.1 Å². The first-order valence-electron chi connectivity index (χ1n) is 6.76. The molecule has 2 aromatic rings. The van der Waals surface area contributed by atoms with Gasteiger partial charge in [0.05, 0.1) is 0 Å². The first-order valence-corrected chi connectivity index (χ1v) is 6.76. The number of hydrogen-bond acceptors (Lipinski definition) is 4. The average Bonchev–Trinajstić information content (AvgIpc) is 2.85. The summed E-state index contributed by atoms with van der Waals surface area (Å²) in [6.45, 7) is 3.25. The fourth-order valence-corrected chi connectivity index (χ4v) is 2.13. The number of nitrogens with zero attached hydrogens (tertiary/aromatic N) is 2. The van der Waals surface area contributed by atoms with Crippen molar-refractivity contribution in [3.05, 3.63) is 48.0 Å². The van der Waals surface area contributed by atoms with E-state index in [0.29, 0.717) is 18.0 Å². The van der Waals surface area contributed by atoms with E-state index < -0.39 is 0 Å². The lowest BCUT2D eigenvalue weighted by Gasteiger charge is -2.11. The van der Waals surface area contributed by atoms with Crippen LogP contribution in [0.25, 0.3) is 0 Å². The SMILES string of the molecule is CC(=O)Oc1ccc(CC(C)C(=O)c2nccn2C)cc1. The minimum atomic E-state index is -0.346. The maximum absolute atomic E-state index is 12.3. The van der Waals surface area contributed by atoms with Gasteiger partial charge in [-0.15, -0.1) is 0 Å². The van der Waals surface area contributed by atoms with Gasteiger partial charge in [0, 0.05) is 32.3 Å². The topological polar surface area (TPSA) is 61.2 Å². The largest absolute Gasteiger partial charge is 0.427 e. The van der Waals surface area contributed by atoms with Crippen LogP contribution >= 0.6 is 0 Å². The van der Waals surface area contributed by atoms with E-state index in [0.717, 1.165) is 5.56 Å². The molecule has 0 spiro atoms. The Balaban J connectivity index is 2.02. The molecule has 110 valence electrons. The molecule has 0 aliphatic rings. The van der Waals surface area contributed by atoms with Gasteiger partial charge in [-0.25, -0.2) is 4.98 Å². The Bertz CT molecular complexity index is 644. The Morgan fingerprint density at radius 1 is 1.29 bits per heavy atom. The molecule has 0 saturated heterocycles. The van der Waals surface area contributed by atoms with Crippen LogP contribution in [0.15, 0.2) is 36.7 Å². The molecule has 1 heterocycles. The van der Waals surface area contributed by atoms with Crippen molar-refractivity contribution >= 4 is 11.8 Å². The number of aromatic nitrogens is 2. The molecule has 5 heteroatoms. The minimum Gasteiger partial charge on any atom is -0.427 e. The van der Waals surface area contributed by atoms with Gasteiger partial charge in [0.25, 0.3) is 0 Å². The molecule has 0 bridgehead atoms. The summed E-state index contributed by atoms with van der Waals surface area (Å²) < 4.78 is 6.70. The predicted molar refractivity (Wildman–Crippen MR) is 78.2 cm³/mol. The van der Waals surface area contributed by atoms with Crippen LogP contribution in [0.3, 0.4) is 0 Å². The second-order valence-electron chi connectivity index (χ2n) is 5.07. The van der Waals surface area contributed by atoms with Gasteiger partial charge in [0.15, 0.2) is 5.82 Å². The maximum atomic E-state index is 12.3. The predicted octanol–water partition coefficient (Wildman–Crippen LogP) is 2.41. The zero-order valence-electron chi connectivity index (χ0n) is 12.4. The van der Waals surface area contributed by atoms with Crippen molar-refractivity contribution in [1.29, 1.82) is 0 Å². The summed E-state index contributed by atoms with van der Waals surface area (Å²) in [5.41, 5.74) is 1.01. The summed E-state index contributed by atoms with van der Waals surface area (Å²) in [6, 6.07) is 7.18. The zero-order chi connectivity index (χ0) is 15.4. The van der Waals surface area contributed by atoms with Gasteiger partial charge in [-0.1, -0.05) is 19.1 Å². The Labute approximate surface area is 123 Å². The summed E-state index contributed by atoms with van der Waals surface area (Å²) in [7, 11) is 1.81. The van der Waals surface area contributed by atoms with E-state index in [9.17, 15) is 9.59 Å². The van der Waals surface area contributed by atoms with E-state index in [1.54, 1.807) is 36.1 Å². The van der Waals surface area contributed by atoms with Crippen LogP contribution < -0.4 is 4.74 Å². The minimum absolute atomic E-state index is 0.0200. The average molecular weight is 286 g/mol. The lowest BCUT2D eigenvalue weighted by molar-refractivity contribution is -0.131. The molecular formula is C16H18N2O3. The van der Waals surface area contributed by atoms with Crippen molar-refractivity contribution in [3.8, 4) is 5.75 Å². The van der Waals surface area contributed by atoms with E-state index in [1.807, 2.05) is 19.1 Å². The molecule has 1 aromatic carbocycles. The van der Waals surface area contributed by atoms with Gasteiger partial charge in [0.2, 0.25) is 5.78 Å². The molecule has 0 N–H and O–H groups in total. The van der Waals surface area contributed by atoms with Crippen molar-refractivity contribution < 1.29 is 14.3 Å². The van der Waals surface area contributed by atoms with E-state index in [1.165, 1.54) is 6.92 Å². The Hall–Kier alpha value is -2.43. The molecule has 2 rings (SSSR count). The highest BCUT2D eigenvalue weighted by Gasteiger charge is 2.19. The highest BCUT2D eigenvalue weighted by atomic mass is 16.5. The van der Waals surface area contributed by atoms with Gasteiger partial charge in [0.1, 0.15) is 5.75 Å². The van der Waals surface area contributed by atoms with Gasteiger partial charge in [-0.2, -0.15) is 0 Å². The first kappa shape index (κ1) is 15.0. The highest BCUT2D eigenvalue weighted by molar-refractivity contribution is 5.94. The van der Waals surface area contributed by atoms with Crippen LogP contribution in [0, 0.1) is 5.92 Å². The van der Waals surface area contributed by atoms with Crippen molar-refractivity contribution in [1.82, 2.24) is 9.55 Å². The molecule has 0 fully saturated rings. The number of imidazole rings is 1. The molecule has 1 aromatic heterocycles. The summed E-state index contributed by atoms with van der Waals surface area (Å²) >= 11 is 0. The smallest absolute Gasteiger partial charge is 0.308 e. The van der Waals surface area contributed by atoms with Crippen LogP contribution in [0.5, 0.6) is 5.75 Å². The Kier molecular flexibility index (Phi) is 4.52. The third kappa shape index (κ3) is 3.78. The van der Waals surface area contributed by atoms with Crippen LogP contribution in [-0.2, 0) is 18.3 Å². The molecule has 1 atom stereocenters. The molecule has 0 saturated carbocycles. The maximum Gasteiger partial charge on any atom is 0.308 e. The van der Waals surface area contributed by atoms with E-state index >= 15 is 0 Å². The Morgan fingerprint density at radius 3 is 2.48 bits per heavy atom. The fraction of sp³-hybridized carbons (Fsp3) is 0.312. The third-order valence-electron chi connectivity index (χ3n) is 3.22. The second kappa shape index (κ2) is 6.35. The summed E-state index contributed by atoms with van der Waals surface area (Å²) in [6.07, 6.45) is 3.99. The normalized spacial score (nSPS) is 12.0. The molecule has 0 aliphatic carbocycles. The summed E-state index contributed by atoms with van der Waals surface area (Å²) in [5.74, 6) is 0.492. The number of rotatable bonds is 5. The van der Waals surface area contributed by atoms with Crippen molar-refractivity contribution in [2.24, 2.45) is 13.0 Å². The van der Waals surface area contributed by atoms with Crippen molar-refractivity contribution in [2.45, 2.75) is 20.3 Å². The monoisotopic (exact) mass is 286 g/mol. The molecule has 0 radical (unpaired) electrons. The molecule has 0 aliphatic heterocycles. The number of esters is 1. The lowest BCUT2D eigenvalue weighted by atomic mass is 9.96.